The monoisotopic (exact) mass is 402 g/mol. The summed E-state index contributed by atoms with van der Waals surface area (Å²) in [6.07, 6.45) is 6.32. The predicted octanol–water partition coefficient (Wildman–Crippen LogP) is 4.23. The van der Waals surface area contributed by atoms with Crippen molar-refractivity contribution in [2.45, 2.75) is 58.5 Å². The van der Waals surface area contributed by atoms with Crippen molar-refractivity contribution >= 4 is 12.4 Å². The maximum Gasteiger partial charge on any atom is 0.0723 e. The first-order chi connectivity index (χ1) is 12.9. The van der Waals surface area contributed by atoms with Crippen molar-refractivity contribution in [2.24, 2.45) is 5.41 Å². The van der Waals surface area contributed by atoms with Crippen molar-refractivity contribution in [2.75, 3.05) is 26.2 Å². The second kappa shape index (κ2) is 8.56. The Kier molecular flexibility index (Phi) is 6.53. The lowest BCUT2D eigenvalue weighted by Gasteiger charge is -2.34. The van der Waals surface area contributed by atoms with Crippen LogP contribution in [0.25, 0.3) is 0 Å². The van der Waals surface area contributed by atoms with Crippen LogP contribution in [0.15, 0.2) is 36.5 Å². The van der Waals surface area contributed by atoms with E-state index in [2.05, 4.69) is 72.2 Å². The summed E-state index contributed by atoms with van der Waals surface area (Å²) in [5.74, 6) is 0. The molecular formula is C23H35ClN4. The van der Waals surface area contributed by atoms with Crippen LogP contribution in [0.1, 0.15) is 56.9 Å². The second-order valence-corrected chi connectivity index (χ2v) is 9.65. The molecule has 154 valence electrons. The Morgan fingerprint density at radius 2 is 1.75 bits per heavy atom. The molecule has 5 heteroatoms. The summed E-state index contributed by atoms with van der Waals surface area (Å²) in [5, 5.41) is 8.53. The molecule has 0 bridgehead atoms. The molecule has 28 heavy (non-hydrogen) atoms. The minimum Gasteiger partial charge on any atom is -0.317 e. The van der Waals surface area contributed by atoms with Gasteiger partial charge in [0.25, 0.3) is 0 Å². The highest BCUT2D eigenvalue weighted by Gasteiger charge is 2.39. The topological polar surface area (TPSA) is 33.1 Å². The fourth-order valence-electron chi connectivity index (χ4n) is 4.83. The summed E-state index contributed by atoms with van der Waals surface area (Å²) in [5.41, 5.74) is 4.60. The van der Waals surface area contributed by atoms with E-state index in [-0.39, 0.29) is 17.8 Å². The van der Waals surface area contributed by atoms with E-state index in [1.807, 2.05) is 0 Å². The molecule has 1 N–H and O–H groups in total. The van der Waals surface area contributed by atoms with E-state index in [4.69, 9.17) is 5.10 Å². The Bertz CT molecular complexity index is 757. The molecule has 0 unspecified atom stereocenters. The summed E-state index contributed by atoms with van der Waals surface area (Å²) < 4.78 is 2.14. The number of piperidine rings is 1. The standard InChI is InChI=1S/C23H34N4.ClH/c1-22(2,3)21-20(17-27(25-21)15-19-7-5-4-6-8-19)16-26-14-11-23(18-26)9-12-24-13-10-23;/h4-8,17,24H,9-16,18H2,1-3H3;1H. The minimum absolute atomic E-state index is 0. The van der Waals surface area contributed by atoms with E-state index in [0.717, 1.165) is 13.1 Å². The molecule has 2 fully saturated rings. The molecular weight excluding hydrogens is 368 g/mol. The lowest BCUT2D eigenvalue weighted by atomic mass is 9.78. The summed E-state index contributed by atoms with van der Waals surface area (Å²) in [7, 11) is 0. The van der Waals surface area contributed by atoms with Crippen LogP contribution >= 0.6 is 12.4 Å². The van der Waals surface area contributed by atoms with Crippen LogP contribution in [0.4, 0.5) is 0 Å². The number of hydrogen-bond donors (Lipinski definition) is 1. The van der Waals surface area contributed by atoms with Gasteiger partial charge in [0, 0.05) is 30.3 Å². The number of nitrogens with zero attached hydrogens (tertiary/aromatic N) is 3. The van der Waals surface area contributed by atoms with E-state index in [1.165, 1.54) is 62.3 Å². The van der Waals surface area contributed by atoms with E-state index in [9.17, 15) is 0 Å². The number of aromatic nitrogens is 2. The van der Waals surface area contributed by atoms with Gasteiger partial charge in [-0.25, -0.2) is 0 Å². The van der Waals surface area contributed by atoms with Crippen LogP contribution in [-0.2, 0) is 18.5 Å². The minimum atomic E-state index is 0. The first kappa shape index (κ1) is 21.4. The number of rotatable bonds is 4. The average molecular weight is 403 g/mol. The predicted molar refractivity (Wildman–Crippen MR) is 118 cm³/mol. The number of hydrogen-bond acceptors (Lipinski definition) is 3. The fourth-order valence-corrected chi connectivity index (χ4v) is 4.83. The lowest BCUT2D eigenvalue weighted by molar-refractivity contribution is 0.193. The summed E-state index contributed by atoms with van der Waals surface area (Å²) >= 11 is 0. The molecule has 0 atom stereocenters. The van der Waals surface area contributed by atoms with Gasteiger partial charge in [-0.15, -0.1) is 12.4 Å². The van der Waals surface area contributed by atoms with Crippen LogP contribution in [0.5, 0.6) is 0 Å². The van der Waals surface area contributed by atoms with Gasteiger partial charge >= 0.3 is 0 Å². The highest BCUT2D eigenvalue weighted by Crippen LogP contribution is 2.39. The fraction of sp³-hybridized carbons (Fsp3) is 0.609. The number of nitrogens with one attached hydrogen (secondary N) is 1. The van der Waals surface area contributed by atoms with Gasteiger partial charge in [-0.2, -0.15) is 5.10 Å². The summed E-state index contributed by atoms with van der Waals surface area (Å²) in [6, 6.07) is 10.6. The third-order valence-corrected chi connectivity index (χ3v) is 6.31. The quantitative estimate of drug-likeness (QED) is 0.830. The van der Waals surface area contributed by atoms with Crippen LogP contribution in [-0.4, -0.2) is 40.9 Å². The zero-order valence-corrected chi connectivity index (χ0v) is 18.4. The van der Waals surface area contributed by atoms with Crippen molar-refractivity contribution in [3.8, 4) is 0 Å². The maximum atomic E-state index is 5.00. The third-order valence-electron chi connectivity index (χ3n) is 6.31. The van der Waals surface area contributed by atoms with Gasteiger partial charge in [-0.3, -0.25) is 9.58 Å². The molecule has 3 heterocycles. The van der Waals surface area contributed by atoms with Crippen LogP contribution < -0.4 is 5.32 Å². The molecule has 0 radical (unpaired) electrons. The first-order valence-electron chi connectivity index (χ1n) is 10.5. The summed E-state index contributed by atoms with van der Waals surface area (Å²) in [6.45, 7) is 13.6. The van der Waals surface area contributed by atoms with Gasteiger partial charge < -0.3 is 5.32 Å². The van der Waals surface area contributed by atoms with E-state index >= 15 is 0 Å². The largest absolute Gasteiger partial charge is 0.317 e. The van der Waals surface area contributed by atoms with Crippen molar-refractivity contribution in [3.05, 3.63) is 53.3 Å². The zero-order valence-electron chi connectivity index (χ0n) is 17.6. The number of halogens is 1. The molecule has 0 aliphatic carbocycles. The molecule has 2 aliphatic heterocycles. The summed E-state index contributed by atoms with van der Waals surface area (Å²) in [4.78, 5) is 2.67. The van der Waals surface area contributed by atoms with E-state index < -0.39 is 0 Å². The number of benzene rings is 1. The molecule has 1 spiro atoms. The van der Waals surface area contributed by atoms with Gasteiger partial charge in [0.1, 0.15) is 0 Å². The Labute approximate surface area is 176 Å². The SMILES string of the molecule is CC(C)(C)c1nn(Cc2ccccc2)cc1CN1CCC2(CCNCC2)C1.Cl. The first-order valence-corrected chi connectivity index (χ1v) is 10.5. The second-order valence-electron chi connectivity index (χ2n) is 9.65. The van der Waals surface area contributed by atoms with Gasteiger partial charge in [0.15, 0.2) is 0 Å². The normalized spacial score (nSPS) is 19.7. The van der Waals surface area contributed by atoms with Crippen molar-refractivity contribution < 1.29 is 0 Å². The molecule has 1 aromatic heterocycles. The lowest BCUT2D eigenvalue weighted by Crippen LogP contribution is -2.38. The molecule has 2 saturated heterocycles. The molecule has 0 saturated carbocycles. The highest BCUT2D eigenvalue weighted by atomic mass is 35.5. The average Bonchev–Trinajstić information content (AvgIpc) is 3.21. The molecule has 4 rings (SSSR count). The molecule has 2 aliphatic rings. The van der Waals surface area contributed by atoms with E-state index in [1.54, 1.807) is 0 Å². The van der Waals surface area contributed by atoms with Crippen molar-refractivity contribution in [3.63, 3.8) is 0 Å². The van der Waals surface area contributed by atoms with Crippen molar-refractivity contribution in [1.82, 2.24) is 20.0 Å². The van der Waals surface area contributed by atoms with Gasteiger partial charge in [0.05, 0.1) is 12.2 Å². The van der Waals surface area contributed by atoms with Crippen LogP contribution in [0.3, 0.4) is 0 Å². The molecule has 1 aromatic carbocycles. The molecule has 4 nitrogen and oxygen atoms in total. The maximum absolute atomic E-state index is 5.00. The Hall–Kier alpha value is -1.36. The number of likely N-dealkylation sites (tertiary alicyclic amines) is 1. The van der Waals surface area contributed by atoms with Crippen LogP contribution in [0.2, 0.25) is 0 Å². The smallest absolute Gasteiger partial charge is 0.0723 e. The van der Waals surface area contributed by atoms with Gasteiger partial charge in [-0.1, -0.05) is 51.1 Å². The highest BCUT2D eigenvalue weighted by molar-refractivity contribution is 5.85. The molecule has 2 aromatic rings. The Morgan fingerprint density at radius 1 is 1.04 bits per heavy atom. The van der Waals surface area contributed by atoms with Gasteiger partial charge in [-0.05, 0) is 49.9 Å². The Morgan fingerprint density at radius 3 is 2.43 bits per heavy atom. The third kappa shape index (κ3) is 4.79. The zero-order chi connectivity index (χ0) is 18.9. The van der Waals surface area contributed by atoms with Gasteiger partial charge in [0.2, 0.25) is 0 Å². The van der Waals surface area contributed by atoms with Crippen LogP contribution in [0, 0.1) is 5.41 Å². The van der Waals surface area contributed by atoms with Crippen molar-refractivity contribution in [1.29, 1.82) is 0 Å². The Balaban J connectivity index is 0.00000225. The molecule has 0 amide bonds. The van der Waals surface area contributed by atoms with E-state index in [0.29, 0.717) is 5.41 Å².